The lowest BCUT2D eigenvalue weighted by Gasteiger charge is -2.32. The number of piperidine rings is 1. The van der Waals surface area contributed by atoms with Crippen LogP contribution in [0.3, 0.4) is 0 Å². The molecule has 5 nitrogen and oxygen atoms in total. The number of carbonyl (C=O) groups is 1. The quantitative estimate of drug-likeness (QED) is 0.690. The van der Waals surface area contributed by atoms with E-state index in [4.69, 9.17) is 15.4 Å². The molecular formula is C10H18ClNO4S. The van der Waals surface area contributed by atoms with Gasteiger partial charge in [-0.15, -0.1) is 0 Å². The summed E-state index contributed by atoms with van der Waals surface area (Å²) in [5.41, 5.74) is -0.579. The first-order valence-electron chi connectivity index (χ1n) is 5.51. The van der Waals surface area contributed by atoms with E-state index >= 15 is 0 Å². The second-order valence-corrected chi connectivity index (χ2v) is 8.07. The fourth-order valence-corrected chi connectivity index (χ4v) is 2.90. The Balaban J connectivity index is 2.64. The highest BCUT2D eigenvalue weighted by Crippen LogP contribution is 2.21. The molecule has 0 aromatic carbocycles. The van der Waals surface area contributed by atoms with Gasteiger partial charge in [-0.2, -0.15) is 0 Å². The molecule has 0 saturated carbocycles. The van der Waals surface area contributed by atoms with Gasteiger partial charge in [0.2, 0.25) is 9.05 Å². The summed E-state index contributed by atoms with van der Waals surface area (Å²) < 4.78 is 27.6. The predicted molar refractivity (Wildman–Crippen MR) is 65.6 cm³/mol. The highest BCUT2D eigenvalue weighted by molar-refractivity contribution is 8.14. The molecular weight excluding hydrogens is 266 g/mol. The lowest BCUT2D eigenvalue weighted by atomic mass is 10.1. The van der Waals surface area contributed by atoms with Crippen molar-refractivity contribution in [3.63, 3.8) is 0 Å². The minimum absolute atomic E-state index is 0.112. The van der Waals surface area contributed by atoms with Crippen LogP contribution in [0.2, 0.25) is 0 Å². The topological polar surface area (TPSA) is 63.7 Å². The largest absolute Gasteiger partial charge is 0.444 e. The molecule has 7 heteroatoms. The van der Waals surface area contributed by atoms with Crippen LogP contribution in [0.25, 0.3) is 0 Å². The molecule has 0 unspecified atom stereocenters. The molecule has 0 aliphatic carbocycles. The Labute approximate surface area is 106 Å². The molecule has 1 heterocycles. The zero-order valence-corrected chi connectivity index (χ0v) is 11.8. The van der Waals surface area contributed by atoms with Gasteiger partial charge in [-0.1, -0.05) is 0 Å². The van der Waals surface area contributed by atoms with E-state index in [1.807, 2.05) is 0 Å². The zero-order chi connectivity index (χ0) is 13.3. The average molecular weight is 284 g/mol. The molecule has 1 saturated heterocycles. The van der Waals surface area contributed by atoms with Crippen molar-refractivity contribution < 1.29 is 17.9 Å². The van der Waals surface area contributed by atoms with E-state index in [-0.39, 0.29) is 6.54 Å². The third-order valence-corrected chi connectivity index (χ3v) is 4.37. The Morgan fingerprint density at radius 2 is 2.00 bits per heavy atom. The van der Waals surface area contributed by atoms with Crippen LogP contribution in [-0.2, 0) is 13.8 Å². The number of halogens is 1. The zero-order valence-electron chi connectivity index (χ0n) is 10.3. The summed E-state index contributed by atoms with van der Waals surface area (Å²) in [6, 6.07) is 0. The van der Waals surface area contributed by atoms with Crippen molar-refractivity contribution in [3.8, 4) is 0 Å². The van der Waals surface area contributed by atoms with Crippen LogP contribution < -0.4 is 0 Å². The molecule has 1 rings (SSSR count). The van der Waals surface area contributed by atoms with E-state index in [0.29, 0.717) is 19.4 Å². The lowest BCUT2D eigenvalue weighted by molar-refractivity contribution is 0.0219. The van der Waals surface area contributed by atoms with E-state index in [1.54, 1.807) is 20.8 Å². The van der Waals surface area contributed by atoms with Crippen LogP contribution in [-0.4, -0.2) is 43.4 Å². The van der Waals surface area contributed by atoms with Crippen LogP contribution in [0, 0.1) is 0 Å². The average Bonchev–Trinajstić information content (AvgIpc) is 2.14. The van der Waals surface area contributed by atoms with Crippen LogP contribution in [0.4, 0.5) is 4.79 Å². The van der Waals surface area contributed by atoms with E-state index in [2.05, 4.69) is 0 Å². The van der Waals surface area contributed by atoms with Gasteiger partial charge in [0.15, 0.2) is 0 Å². The Morgan fingerprint density at radius 1 is 1.41 bits per heavy atom. The molecule has 0 spiro atoms. The van der Waals surface area contributed by atoms with Crippen molar-refractivity contribution in [2.75, 3.05) is 13.1 Å². The molecule has 1 amide bonds. The van der Waals surface area contributed by atoms with Gasteiger partial charge in [0, 0.05) is 23.8 Å². The van der Waals surface area contributed by atoms with Gasteiger partial charge in [-0.25, -0.2) is 13.2 Å². The van der Waals surface area contributed by atoms with Crippen LogP contribution in [0.15, 0.2) is 0 Å². The number of carbonyl (C=O) groups excluding carboxylic acids is 1. The summed E-state index contributed by atoms with van der Waals surface area (Å²) in [4.78, 5) is 13.2. The fourth-order valence-electron chi connectivity index (χ4n) is 1.66. The smallest absolute Gasteiger partial charge is 0.410 e. The number of nitrogens with zero attached hydrogens (tertiary/aromatic N) is 1. The van der Waals surface area contributed by atoms with Crippen molar-refractivity contribution in [1.29, 1.82) is 0 Å². The second-order valence-electron chi connectivity index (χ2n) is 5.17. The third kappa shape index (κ3) is 4.71. The Bertz CT molecular complexity index is 388. The summed E-state index contributed by atoms with van der Waals surface area (Å²) >= 11 is 0. The number of hydrogen-bond donors (Lipinski definition) is 0. The molecule has 1 aliphatic heterocycles. The van der Waals surface area contributed by atoms with E-state index < -0.39 is 26.0 Å². The summed E-state index contributed by atoms with van der Waals surface area (Å²) in [5.74, 6) is 0. The number of ether oxygens (including phenoxy) is 1. The van der Waals surface area contributed by atoms with Crippen LogP contribution >= 0.6 is 10.7 Å². The number of amides is 1. The van der Waals surface area contributed by atoms with E-state index in [1.165, 1.54) is 4.90 Å². The van der Waals surface area contributed by atoms with Gasteiger partial charge >= 0.3 is 6.09 Å². The first-order valence-corrected chi connectivity index (χ1v) is 7.88. The van der Waals surface area contributed by atoms with Gasteiger partial charge in [0.05, 0.1) is 5.25 Å². The summed E-state index contributed by atoms with van der Waals surface area (Å²) in [6.45, 7) is 5.93. The minimum atomic E-state index is -3.61. The molecule has 0 aromatic heterocycles. The maximum absolute atomic E-state index is 11.8. The lowest BCUT2D eigenvalue weighted by Crippen LogP contribution is -2.46. The summed E-state index contributed by atoms with van der Waals surface area (Å²) in [5, 5.41) is -0.689. The van der Waals surface area contributed by atoms with Crippen LogP contribution in [0.5, 0.6) is 0 Å². The van der Waals surface area contributed by atoms with Gasteiger partial charge in [-0.05, 0) is 33.6 Å². The monoisotopic (exact) mass is 283 g/mol. The normalized spacial score (nSPS) is 22.4. The third-order valence-electron chi connectivity index (χ3n) is 2.43. The first-order chi connectivity index (χ1) is 7.59. The van der Waals surface area contributed by atoms with Gasteiger partial charge in [-0.3, -0.25) is 0 Å². The fraction of sp³-hybridized carbons (Fsp3) is 0.900. The minimum Gasteiger partial charge on any atom is -0.444 e. The number of hydrogen-bond acceptors (Lipinski definition) is 4. The van der Waals surface area contributed by atoms with Gasteiger partial charge in [0.1, 0.15) is 5.60 Å². The molecule has 0 N–H and O–H groups in total. The van der Waals surface area contributed by atoms with Crippen molar-refractivity contribution in [3.05, 3.63) is 0 Å². The number of likely N-dealkylation sites (tertiary alicyclic amines) is 1. The highest BCUT2D eigenvalue weighted by Gasteiger charge is 2.33. The van der Waals surface area contributed by atoms with Gasteiger partial charge in [0.25, 0.3) is 0 Å². The SMILES string of the molecule is CC(C)(C)OC(=O)N1CCC[C@H](S(=O)(=O)Cl)C1. The predicted octanol–water partition coefficient (Wildman–Crippen LogP) is 1.95. The Kier molecular flexibility index (Phi) is 4.30. The molecule has 0 bridgehead atoms. The second kappa shape index (κ2) is 5.02. The molecule has 17 heavy (non-hydrogen) atoms. The molecule has 0 radical (unpaired) electrons. The highest BCUT2D eigenvalue weighted by atomic mass is 35.7. The first kappa shape index (κ1) is 14.6. The van der Waals surface area contributed by atoms with Gasteiger partial charge < -0.3 is 9.64 Å². The standard InChI is InChI=1S/C10H18ClNO4S/c1-10(2,3)16-9(13)12-6-4-5-8(7-12)17(11,14)15/h8H,4-7H2,1-3H3/t8-/m0/s1. The van der Waals surface area contributed by atoms with Crippen molar-refractivity contribution in [2.45, 2.75) is 44.5 Å². The maximum atomic E-state index is 11.8. The summed E-state index contributed by atoms with van der Waals surface area (Å²) in [6.07, 6.45) is 0.628. The Hall–Kier alpha value is -0.490. The van der Waals surface area contributed by atoms with E-state index in [0.717, 1.165) is 0 Å². The molecule has 1 atom stereocenters. The molecule has 1 aliphatic rings. The van der Waals surface area contributed by atoms with Crippen molar-refractivity contribution in [1.82, 2.24) is 4.90 Å². The van der Waals surface area contributed by atoms with Crippen molar-refractivity contribution >= 4 is 25.8 Å². The number of rotatable bonds is 1. The Morgan fingerprint density at radius 3 is 2.47 bits per heavy atom. The summed E-state index contributed by atoms with van der Waals surface area (Å²) in [7, 11) is 1.70. The molecule has 0 aromatic rings. The molecule has 1 fully saturated rings. The van der Waals surface area contributed by atoms with Crippen LogP contribution in [0.1, 0.15) is 33.6 Å². The van der Waals surface area contributed by atoms with Crippen molar-refractivity contribution in [2.24, 2.45) is 0 Å². The molecule has 100 valence electrons. The maximum Gasteiger partial charge on any atom is 0.410 e. The van der Waals surface area contributed by atoms with E-state index in [9.17, 15) is 13.2 Å².